The molecule has 0 radical (unpaired) electrons. The molecule has 0 atom stereocenters. The van der Waals surface area contributed by atoms with Gasteiger partial charge in [0.15, 0.2) is 5.16 Å². The molecular weight excluding hydrogens is 275 g/mol. The van der Waals surface area contributed by atoms with Gasteiger partial charge in [-0.25, -0.2) is 4.39 Å². The van der Waals surface area contributed by atoms with Crippen molar-refractivity contribution < 1.29 is 4.39 Å². The summed E-state index contributed by atoms with van der Waals surface area (Å²) in [6.45, 7) is 2.15. The quantitative estimate of drug-likeness (QED) is 0.692. The van der Waals surface area contributed by atoms with E-state index in [0.717, 1.165) is 16.5 Å². The van der Waals surface area contributed by atoms with Crippen LogP contribution >= 0.6 is 11.8 Å². The van der Waals surface area contributed by atoms with Crippen molar-refractivity contribution in [3.8, 4) is 11.8 Å². The molecule has 0 fully saturated rings. The summed E-state index contributed by atoms with van der Waals surface area (Å²) >= 11 is 1.51. The molecule has 0 unspecified atom stereocenters. The third kappa shape index (κ3) is 3.59. The van der Waals surface area contributed by atoms with E-state index in [1.54, 1.807) is 0 Å². The van der Waals surface area contributed by atoms with Crippen molar-refractivity contribution in [3.05, 3.63) is 41.0 Å². The molecule has 0 saturated carbocycles. The first-order chi connectivity index (χ1) is 9.60. The van der Waals surface area contributed by atoms with Crippen LogP contribution in [0.25, 0.3) is 0 Å². The zero-order valence-electron chi connectivity index (χ0n) is 11.4. The Kier molecular flexibility index (Phi) is 4.77. The maximum atomic E-state index is 13.5. The van der Waals surface area contributed by atoms with Crippen LogP contribution in [0.15, 0.2) is 23.4 Å². The van der Waals surface area contributed by atoms with E-state index in [2.05, 4.69) is 22.0 Å². The van der Waals surface area contributed by atoms with E-state index < -0.39 is 0 Å². The number of hydrogen-bond donors (Lipinski definition) is 1. The first-order valence-electron chi connectivity index (χ1n) is 6.07. The highest BCUT2D eigenvalue weighted by molar-refractivity contribution is 7.98. The molecule has 1 heterocycles. The second-order valence-electron chi connectivity index (χ2n) is 4.23. The Morgan fingerprint density at radius 2 is 2.15 bits per heavy atom. The average molecular weight is 290 g/mol. The minimum atomic E-state index is -0.293. The molecule has 0 spiro atoms. The van der Waals surface area contributed by atoms with Gasteiger partial charge in [0.1, 0.15) is 11.6 Å². The first kappa shape index (κ1) is 14.6. The lowest BCUT2D eigenvalue weighted by Crippen LogP contribution is -1.95. The Balaban J connectivity index is 2.13. The number of rotatable bonds is 3. The van der Waals surface area contributed by atoms with Crippen molar-refractivity contribution in [2.75, 3.05) is 6.54 Å². The Hall–Kier alpha value is -1.84. The summed E-state index contributed by atoms with van der Waals surface area (Å²) in [5.41, 5.74) is 6.81. The van der Waals surface area contributed by atoms with Gasteiger partial charge in [0.25, 0.3) is 0 Å². The Bertz CT molecular complexity index is 670. The first-order valence-corrected chi connectivity index (χ1v) is 7.06. The number of hydrogen-bond acceptors (Lipinski definition) is 4. The highest BCUT2D eigenvalue weighted by Gasteiger charge is 2.07. The van der Waals surface area contributed by atoms with Gasteiger partial charge >= 0.3 is 0 Å². The molecule has 4 nitrogen and oxygen atoms in total. The molecule has 0 bridgehead atoms. The van der Waals surface area contributed by atoms with E-state index in [4.69, 9.17) is 5.73 Å². The van der Waals surface area contributed by atoms with Gasteiger partial charge in [0, 0.05) is 18.4 Å². The molecule has 1 aromatic heterocycles. The summed E-state index contributed by atoms with van der Waals surface area (Å²) in [6.07, 6.45) is 0. The fraction of sp³-hybridized carbons (Fsp3) is 0.286. The number of aromatic nitrogens is 3. The lowest BCUT2D eigenvalue weighted by Gasteiger charge is -2.03. The molecule has 0 aliphatic heterocycles. The van der Waals surface area contributed by atoms with Gasteiger partial charge in [0.2, 0.25) is 0 Å². The molecular formula is C14H15FN4S. The SMILES string of the molecule is Cc1nnc(SCc2cc(F)cc(C#CCN)c2)n1C. The number of thioether (sulfide) groups is 1. The van der Waals surface area contributed by atoms with Crippen LogP contribution in [0.5, 0.6) is 0 Å². The van der Waals surface area contributed by atoms with E-state index in [9.17, 15) is 4.39 Å². The largest absolute Gasteiger partial charge is 0.320 e. The van der Waals surface area contributed by atoms with E-state index in [1.807, 2.05) is 24.6 Å². The highest BCUT2D eigenvalue weighted by Crippen LogP contribution is 2.22. The second kappa shape index (κ2) is 6.55. The van der Waals surface area contributed by atoms with Crippen molar-refractivity contribution in [1.29, 1.82) is 0 Å². The molecule has 2 aromatic rings. The van der Waals surface area contributed by atoms with Gasteiger partial charge in [-0.2, -0.15) is 0 Å². The molecule has 0 saturated heterocycles. The van der Waals surface area contributed by atoms with Crippen LogP contribution in [-0.4, -0.2) is 21.3 Å². The molecule has 104 valence electrons. The molecule has 1 aromatic carbocycles. The van der Waals surface area contributed by atoms with E-state index >= 15 is 0 Å². The number of halogens is 1. The lowest BCUT2D eigenvalue weighted by atomic mass is 10.1. The summed E-state index contributed by atoms with van der Waals surface area (Å²) in [5.74, 6) is 6.73. The second-order valence-corrected chi connectivity index (χ2v) is 5.17. The van der Waals surface area contributed by atoms with E-state index in [0.29, 0.717) is 11.3 Å². The van der Waals surface area contributed by atoms with Crippen molar-refractivity contribution >= 4 is 11.8 Å². The average Bonchev–Trinajstić information content (AvgIpc) is 2.74. The van der Waals surface area contributed by atoms with Crippen LogP contribution in [0.3, 0.4) is 0 Å². The predicted octanol–water partition coefficient (Wildman–Crippen LogP) is 1.87. The molecule has 0 amide bonds. The number of aryl methyl sites for hydroxylation is 1. The van der Waals surface area contributed by atoms with E-state index in [1.165, 1.54) is 23.9 Å². The van der Waals surface area contributed by atoms with Gasteiger partial charge in [-0.1, -0.05) is 23.6 Å². The fourth-order valence-corrected chi connectivity index (χ4v) is 2.51. The van der Waals surface area contributed by atoms with Crippen LogP contribution in [0.4, 0.5) is 4.39 Å². The Morgan fingerprint density at radius 3 is 2.80 bits per heavy atom. The standard InChI is InChI=1S/C14H15FN4S/c1-10-17-18-14(19(10)2)20-9-12-6-11(4-3-5-16)7-13(15)8-12/h6-8H,5,9,16H2,1-2H3. The summed E-state index contributed by atoms with van der Waals surface area (Å²) in [6, 6.07) is 4.77. The minimum absolute atomic E-state index is 0.263. The maximum absolute atomic E-state index is 13.5. The van der Waals surface area contributed by atoms with Crippen molar-refractivity contribution in [2.45, 2.75) is 17.8 Å². The molecule has 2 N–H and O–H groups in total. The highest BCUT2D eigenvalue weighted by atomic mass is 32.2. The van der Waals surface area contributed by atoms with Crippen LogP contribution in [0, 0.1) is 24.6 Å². The zero-order chi connectivity index (χ0) is 14.5. The van der Waals surface area contributed by atoms with Gasteiger partial charge in [-0.3, -0.25) is 0 Å². The normalized spacial score (nSPS) is 10.2. The van der Waals surface area contributed by atoms with Crippen LogP contribution in [0.1, 0.15) is 17.0 Å². The zero-order valence-corrected chi connectivity index (χ0v) is 12.2. The smallest absolute Gasteiger partial charge is 0.191 e. The number of benzene rings is 1. The molecule has 6 heteroatoms. The molecule has 20 heavy (non-hydrogen) atoms. The summed E-state index contributed by atoms with van der Waals surface area (Å²) in [5, 5.41) is 8.86. The third-order valence-electron chi connectivity index (χ3n) is 2.71. The molecule has 0 aliphatic rings. The van der Waals surface area contributed by atoms with Crippen molar-refractivity contribution in [1.82, 2.24) is 14.8 Å². The fourth-order valence-electron chi connectivity index (χ4n) is 1.62. The van der Waals surface area contributed by atoms with E-state index in [-0.39, 0.29) is 12.4 Å². The molecule has 2 rings (SSSR count). The maximum Gasteiger partial charge on any atom is 0.191 e. The van der Waals surface area contributed by atoms with Crippen molar-refractivity contribution in [2.24, 2.45) is 12.8 Å². The molecule has 0 aliphatic carbocycles. The van der Waals surface area contributed by atoms with Crippen molar-refractivity contribution in [3.63, 3.8) is 0 Å². The summed E-state index contributed by atoms with van der Waals surface area (Å²) in [7, 11) is 1.90. The summed E-state index contributed by atoms with van der Waals surface area (Å²) < 4.78 is 15.4. The predicted molar refractivity (Wildman–Crippen MR) is 77.6 cm³/mol. The topological polar surface area (TPSA) is 56.7 Å². The van der Waals surface area contributed by atoms with Gasteiger partial charge in [-0.15, -0.1) is 10.2 Å². The number of nitrogens with zero attached hydrogens (tertiary/aromatic N) is 3. The van der Waals surface area contributed by atoms with Gasteiger partial charge in [0.05, 0.1) is 6.54 Å². The number of nitrogens with two attached hydrogens (primary N) is 1. The monoisotopic (exact) mass is 290 g/mol. The Labute approximate surface area is 121 Å². The Morgan fingerprint density at radius 1 is 1.35 bits per heavy atom. The third-order valence-corrected chi connectivity index (χ3v) is 3.80. The summed E-state index contributed by atoms with van der Waals surface area (Å²) in [4.78, 5) is 0. The van der Waals surface area contributed by atoms with Crippen LogP contribution < -0.4 is 5.73 Å². The van der Waals surface area contributed by atoms with Gasteiger partial charge in [-0.05, 0) is 30.7 Å². The van der Waals surface area contributed by atoms with Crippen LogP contribution in [0.2, 0.25) is 0 Å². The lowest BCUT2D eigenvalue weighted by molar-refractivity contribution is 0.626. The van der Waals surface area contributed by atoms with Gasteiger partial charge < -0.3 is 10.3 Å². The van der Waals surface area contributed by atoms with Crippen LogP contribution in [-0.2, 0) is 12.8 Å². The minimum Gasteiger partial charge on any atom is -0.320 e.